The fraction of sp³-hybridized carbons (Fsp3) is 0.0571. The Morgan fingerprint density at radius 2 is 1.38 bits per heavy atom. The Bertz CT molecular complexity index is 2420. The van der Waals surface area contributed by atoms with Gasteiger partial charge in [0.05, 0.1) is 23.5 Å². The first kappa shape index (κ1) is 20.2. The highest BCUT2D eigenvalue weighted by atomic mass is 15.1. The maximum Gasteiger partial charge on any atom is 0.295 e. The van der Waals surface area contributed by atoms with Crippen LogP contribution >= 0.6 is 0 Å². The molecule has 0 saturated heterocycles. The highest BCUT2D eigenvalue weighted by molar-refractivity contribution is 7.01. The van der Waals surface area contributed by atoms with Crippen molar-refractivity contribution in [3.8, 4) is 16.8 Å². The minimum atomic E-state index is 0.199. The number of imidazole rings is 1. The second-order valence-electron chi connectivity index (χ2n) is 11.2. The average molecular weight is 496 g/mol. The highest BCUT2D eigenvalue weighted by Gasteiger charge is 2.42. The Balaban J connectivity index is 1.62. The summed E-state index contributed by atoms with van der Waals surface area (Å²) in [6, 6.07) is 35.9. The summed E-state index contributed by atoms with van der Waals surface area (Å²) in [6.07, 6.45) is 2.41. The molecule has 0 amide bonds. The normalized spacial score (nSPS) is 13.3. The molecule has 0 aliphatic carbocycles. The zero-order valence-electron chi connectivity index (χ0n) is 21.7. The molecule has 0 spiro atoms. The molecule has 2 aliphatic rings. The molecular formula is C35H23BN3+. The van der Waals surface area contributed by atoms with Gasteiger partial charge >= 0.3 is 0 Å². The Kier molecular flexibility index (Phi) is 3.41. The van der Waals surface area contributed by atoms with Crippen LogP contribution in [0.4, 0.5) is 0 Å². The molecule has 0 fully saturated rings. The van der Waals surface area contributed by atoms with E-state index in [1.54, 1.807) is 0 Å². The Labute approximate surface area is 225 Å². The summed E-state index contributed by atoms with van der Waals surface area (Å²) in [5.41, 5.74) is 16.0. The number of aromatic nitrogens is 3. The fourth-order valence-corrected chi connectivity index (χ4v) is 8.10. The van der Waals surface area contributed by atoms with Crippen molar-refractivity contribution in [2.75, 3.05) is 0 Å². The first-order valence-corrected chi connectivity index (χ1v) is 13.7. The van der Waals surface area contributed by atoms with E-state index in [-0.39, 0.29) is 6.71 Å². The smallest absolute Gasteiger partial charge is 0.295 e. The van der Waals surface area contributed by atoms with Crippen LogP contribution in [-0.4, -0.2) is 15.7 Å². The van der Waals surface area contributed by atoms with Crippen LogP contribution in [0.2, 0.25) is 0 Å². The summed E-state index contributed by atoms with van der Waals surface area (Å²) in [4.78, 5) is 0. The molecule has 3 aromatic heterocycles. The van der Waals surface area contributed by atoms with E-state index < -0.39 is 0 Å². The third-order valence-electron chi connectivity index (χ3n) is 9.54. The van der Waals surface area contributed by atoms with Crippen LogP contribution in [0.5, 0.6) is 0 Å². The highest BCUT2D eigenvalue weighted by Crippen LogP contribution is 2.43. The Morgan fingerprint density at radius 1 is 0.667 bits per heavy atom. The van der Waals surface area contributed by atoms with Gasteiger partial charge < -0.3 is 4.57 Å². The standard InChI is InChI=1S/C35H23BN3/c1-20-30-22-12-4-7-15-26(22)39-27-16-8-6-14-25(27)36-24-13-5-3-11-21(24)23-19-38-29-18-10-9-17-28(29)37(2)35(38)31(20)32(23)33(36)34(30)39/h3-19H,1-2H3/q+1. The second-order valence-corrected chi connectivity index (χ2v) is 11.2. The van der Waals surface area contributed by atoms with Gasteiger partial charge in [0.1, 0.15) is 6.20 Å². The van der Waals surface area contributed by atoms with Gasteiger partial charge in [0, 0.05) is 22.0 Å². The van der Waals surface area contributed by atoms with Gasteiger partial charge in [-0.05, 0) is 58.6 Å². The molecule has 0 radical (unpaired) electrons. The van der Waals surface area contributed by atoms with Gasteiger partial charge in [-0.15, -0.1) is 0 Å². The predicted molar refractivity (Wildman–Crippen MR) is 163 cm³/mol. The number of rotatable bonds is 0. The zero-order chi connectivity index (χ0) is 25.6. The van der Waals surface area contributed by atoms with E-state index in [0.29, 0.717) is 0 Å². The van der Waals surface area contributed by atoms with Crippen LogP contribution in [0, 0.1) is 6.92 Å². The zero-order valence-corrected chi connectivity index (χ0v) is 21.7. The van der Waals surface area contributed by atoms with Crippen molar-refractivity contribution >= 4 is 72.4 Å². The SMILES string of the molecule is Cc1c2c3ccccc3n3c2c2c4c(cn5c6ccccc6[n+](C)c5c14)-c1ccccc1B2c1ccccc1-3. The molecule has 2 aliphatic heterocycles. The van der Waals surface area contributed by atoms with Gasteiger partial charge in [-0.3, -0.25) is 0 Å². The lowest BCUT2D eigenvalue weighted by atomic mass is 9.32. The van der Waals surface area contributed by atoms with E-state index >= 15 is 0 Å². The lowest BCUT2D eigenvalue weighted by Gasteiger charge is -2.33. The van der Waals surface area contributed by atoms with Gasteiger partial charge in [0.2, 0.25) is 6.71 Å². The van der Waals surface area contributed by atoms with Crippen LogP contribution in [0.3, 0.4) is 0 Å². The predicted octanol–water partition coefficient (Wildman–Crippen LogP) is 5.29. The van der Waals surface area contributed by atoms with Crippen molar-refractivity contribution in [3.63, 3.8) is 0 Å². The van der Waals surface area contributed by atoms with Gasteiger partial charge in [-0.25, -0.2) is 4.57 Å². The average Bonchev–Trinajstić information content (AvgIpc) is 3.48. The number of pyridine rings is 1. The molecule has 0 N–H and O–H groups in total. The van der Waals surface area contributed by atoms with E-state index in [9.17, 15) is 0 Å². The summed E-state index contributed by atoms with van der Waals surface area (Å²) in [6.45, 7) is 2.55. The molecule has 10 rings (SSSR count). The van der Waals surface area contributed by atoms with Crippen LogP contribution < -0.4 is 21.0 Å². The topological polar surface area (TPSA) is 13.2 Å². The summed E-state index contributed by atoms with van der Waals surface area (Å²) < 4.78 is 7.38. The number of hydrogen-bond acceptors (Lipinski definition) is 0. The largest absolute Gasteiger partial charge is 0.310 e. The molecular weight excluding hydrogens is 473 g/mol. The molecule has 4 heteroatoms. The third kappa shape index (κ3) is 2.13. The van der Waals surface area contributed by atoms with Crippen LogP contribution in [0.25, 0.3) is 66.1 Å². The number of fused-ring (bicyclic) bond motifs is 13. The number of benzene rings is 5. The second kappa shape index (κ2) is 6.59. The van der Waals surface area contributed by atoms with Crippen molar-refractivity contribution < 1.29 is 4.57 Å². The molecule has 0 unspecified atom stereocenters. The van der Waals surface area contributed by atoms with E-state index in [2.05, 4.69) is 131 Å². The number of nitrogens with zero attached hydrogens (tertiary/aromatic N) is 3. The number of para-hydroxylation sites is 4. The van der Waals surface area contributed by atoms with Crippen molar-refractivity contribution in [1.29, 1.82) is 0 Å². The van der Waals surface area contributed by atoms with E-state index in [4.69, 9.17) is 0 Å². The van der Waals surface area contributed by atoms with Crippen LogP contribution in [0.15, 0.2) is 103 Å². The monoisotopic (exact) mass is 496 g/mol. The minimum absolute atomic E-state index is 0.199. The minimum Gasteiger partial charge on any atom is -0.310 e. The molecule has 0 saturated carbocycles. The Morgan fingerprint density at radius 3 is 2.28 bits per heavy atom. The molecule has 180 valence electrons. The quantitative estimate of drug-likeness (QED) is 0.200. The fourth-order valence-electron chi connectivity index (χ4n) is 8.10. The van der Waals surface area contributed by atoms with Gasteiger partial charge in [-0.2, -0.15) is 4.40 Å². The summed E-state index contributed by atoms with van der Waals surface area (Å²) >= 11 is 0. The number of aryl methyl sites for hydroxylation is 2. The summed E-state index contributed by atoms with van der Waals surface area (Å²) in [5.74, 6) is 0. The lowest BCUT2D eigenvalue weighted by molar-refractivity contribution is -0.617. The van der Waals surface area contributed by atoms with Gasteiger partial charge in [0.25, 0.3) is 5.65 Å². The first-order valence-electron chi connectivity index (χ1n) is 13.7. The molecule has 3 nitrogen and oxygen atoms in total. The molecule has 8 aromatic rings. The van der Waals surface area contributed by atoms with Crippen molar-refractivity contribution in [3.05, 3.63) is 109 Å². The first-order chi connectivity index (χ1) is 19.2. The van der Waals surface area contributed by atoms with E-state index in [1.807, 2.05) is 0 Å². The maximum atomic E-state index is 2.55. The third-order valence-corrected chi connectivity index (χ3v) is 9.54. The van der Waals surface area contributed by atoms with Crippen molar-refractivity contribution in [1.82, 2.24) is 8.97 Å². The molecule has 5 heterocycles. The Hall–Kier alpha value is -4.83. The summed E-state index contributed by atoms with van der Waals surface area (Å²) in [5, 5.41) is 5.50. The van der Waals surface area contributed by atoms with Gasteiger partial charge in [0.15, 0.2) is 11.0 Å². The van der Waals surface area contributed by atoms with Gasteiger partial charge in [-0.1, -0.05) is 78.3 Å². The molecule has 0 bridgehead atoms. The maximum absolute atomic E-state index is 2.55. The molecule has 39 heavy (non-hydrogen) atoms. The van der Waals surface area contributed by atoms with E-state index in [1.165, 1.54) is 88.0 Å². The van der Waals surface area contributed by atoms with Crippen LogP contribution in [0.1, 0.15) is 5.56 Å². The number of hydrogen-bond donors (Lipinski definition) is 0. The molecule has 0 atom stereocenters. The van der Waals surface area contributed by atoms with Crippen molar-refractivity contribution in [2.24, 2.45) is 7.05 Å². The lowest BCUT2D eigenvalue weighted by Crippen LogP contribution is -2.58. The van der Waals surface area contributed by atoms with Crippen molar-refractivity contribution in [2.45, 2.75) is 6.92 Å². The molecule has 5 aromatic carbocycles. The van der Waals surface area contributed by atoms with E-state index in [0.717, 1.165) is 0 Å². The van der Waals surface area contributed by atoms with Crippen LogP contribution in [-0.2, 0) is 7.05 Å². The summed E-state index contributed by atoms with van der Waals surface area (Å²) in [7, 11) is 2.22.